The average Bonchev–Trinajstić information content (AvgIpc) is 3.14. The predicted octanol–water partition coefficient (Wildman–Crippen LogP) is 10.7. The molecule has 0 heterocycles. The van der Waals surface area contributed by atoms with E-state index in [0.29, 0.717) is 0 Å². The van der Waals surface area contributed by atoms with Crippen LogP contribution in [-0.2, 0) is 0 Å². The first-order valence-corrected chi connectivity index (χ1v) is 17.7. The number of hydrogen-bond donors (Lipinski definition) is 0. The Morgan fingerprint density at radius 2 is 0.689 bits per heavy atom. The Kier molecular flexibility index (Phi) is 8.24. The molecule has 0 aliphatic carbocycles. The maximum absolute atomic E-state index is 2.56. The lowest BCUT2D eigenvalue weighted by molar-refractivity contribution is 1.48. The van der Waals surface area contributed by atoms with Gasteiger partial charge in [-0.05, 0) is 70.6 Å². The van der Waals surface area contributed by atoms with Crippen molar-refractivity contribution in [1.82, 2.24) is 0 Å². The number of hydrogen-bond acceptors (Lipinski definition) is 0. The van der Waals surface area contributed by atoms with E-state index in [4.69, 9.17) is 0 Å². The van der Waals surface area contributed by atoms with Gasteiger partial charge in [-0.15, -0.1) is 0 Å². The van der Waals surface area contributed by atoms with E-state index < -0.39 is 7.26 Å². The fraction of sp³-hybridized carbons (Fsp3) is 0.0455. The molecule has 216 valence electrons. The summed E-state index contributed by atoms with van der Waals surface area (Å²) in [5.41, 5.74) is 10.1. The molecule has 0 aromatic heterocycles. The molecule has 0 saturated heterocycles. The monoisotopic (exact) mass is 595 g/mol. The van der Waals surface area contributed by atoms with Crippen molar-refractivity contribution in [3.05, 3.63) is 188 Å². The zero-order chi connectivity index (χ0) is 30.5. The van der Waals surface area contributed by atoms with Gasteiger partial charge >= 0.3 is 0 Å². The molecule has 7 rings (SSSR count). The van der Waals surface area contributed by atoms with Gasteiger partial charge in [-0.2, -0.15) is 0 Å². The van der Waals surface area contributed by atoms with E-state index in [1.54, 1.807) is 0 Å². The van der Waals surface area contributed by atoms with E-state index in [2.05, 4.69) is 195 Å². The second-order valence-electron chi connectivity index (χ2n) is 11.3. The summed E-state index contributed by atoms with van der Waals surface area (Å²) in [6, 6.07) is 69.1. The highest BCUT2D eigenvalue weighted by Gasteiger charge is 2.47. The normalized spacial score (nSPS) is 11.3. The van der Waals surface area contributed by atoms with Crippen LogP contribution in [0.1, 0.15) is 6.92 Å². The molecule has 0 fully saturated rings. The van der Waals surface area contributed by atoms with Crippen molar-refractivity contribution < 1.29 is 0 Å². The lowest BCUT2D eigenvalue weighted by Crippen LogP contribution is -2.34. The maximum atomic E-state index is 2.56. The number of benzene rings is 7. The quantitative estimate of drug-likeness (QED) is 0.153. The summed E-state index contributed by atoms with van der Waals surface area (Å²) in [6.07, 6.45) is 1.01. The van der Waals surface area contributed by atoms with E-state index in [9.17, 15) is 0 Å². The molecule has 7 aromatic carbocycles. The van der Waals surface area contributed by atoms with Crippen LogP contribution in [0.2, 0.25) is 0 Å². The van der Waals surface area contributed by atoms with E-state index in [1.807, 2.05) is 0 Å². The molecule has 0 N–H and O–H groups in total. The molecule has 0 saturated carbocycles. The molecule has 0 radical (unpaired) electrons. The fourth-order valence-corrected chi connectivity index (χ4v) is 11.1. The lowest BCUT2D eigenvalue weighted by Gasteiger charge is -2.31. The van der Waals surface area contributed by atoms with E-state index >= 15 is 0 Å². The molecule has 45 heavy (non-hydrogen) atoms. The first-order chi connectivity index (χ1) is 22.3. The van der Waals surface area contributed by atoms with Crippen LogP contribution in [0.25, 0.3) is 44.5 Å². The minimum absolute atomic E-state index is 1.01. The van der Waals surface area contributed by atoms with Gasteiger partial charge in [0.25, 0.3) is 0 Å². The zero-order valence-electron chi connectivity index (χ0n) is 25.6. The summed E-state index contributed by atoms with van der Waals surface area (Å²) in [5, 5.41) is 4.23. The van der Waals surface area contributed by atoms with Crippen molar-refractivity contribution in [2.24, 2.45) is 0 Å². The van der Waals surface area contributed by atoms with Gasteiger partial charge in [0.05, 0.1) is 6.16 Å². The largest absolute Gasteiger partial charge is 0.113 e. The minimum atomic E-state index is -2.14. The van der Waals surface area contributed by atoms with Crippen molar-refractivity contribution in [3.63, 3.8) is 0 Å². The van der Waals surface area contributed by atoms with Gasteiger partial charge in [-0.3, -0.25) is 0 Å². The SMILES string of the molecule is CC[P+](c1ccccc1)(c1ccccc1)c1cc(-c2ccccc2)c(-c2ccccc2)c(-c2ccccc2)c1-c1ccccc1. The molecule has 0 amide bonds. The smallest absolute Gasteiger partial charge is 0.0622 e. The third-order valence-electron chi connectivity index (χ3n) is 8.86. The van der Waals surface area contributed by atoms with Crippen molar-refractivity contribution in [2.45, 2.75) is 6.92 Å². The fourth-order valence-electron chi connectivity index (χ4n) is 6.84. The standard InChI is InChI=1S/C44H36P/c1-2-45(38-29-17-7-18-30-38,39-31-19-8-20-32-39)41-33-40(34-21-9-3-10-22-34)42(35-23-11-4-12-24-35)44(37-27-15-6-16-28-37)43(41)36-25-13-5-14-26-36/h3-33H,2H2,1H3/q+1. The van der Waals surface area contributed by atoms with Crippen LogP contribution in [0.15, 0.2) is 188 Å². The summed E-state index contributed by atoms with van der Waals surface area (Å²) in [7, 11) is -2.14. The van der Waals surface area contributed by atoms with Gasteiger partial charge in [0.15, 0.2) is 0 Å². The van der Waals surface area contributed by atoms with Crippen LogP contribution in [-0.4, -0.2) is 6.16 Å². The topological polar surface area (TPSA) is 0 Å². The van der Waals surface area contributed by atoms with Crippen LogP contribution < -0.4 is 15.9 Å². The highest BCUT2D eigenvalue weighted by Crippen LogP contribution is 2.59. The Labute approximate surface area is 268 Å². The minimum Gasteiger partial charge on any atom is -0.0622 e. The van der Waals surface area contributed by atoms with Crippen molar-refractivity contribution >= 4 is 23.2 Å². The van der Waals surface area contributed by atoms with Crippen LogP contribution in [0.3, 0.4) is 0 Å². The van der Waals surface area contributed by atoms with E-state index in [1.165, 1.54) is 60.4 Å². The molecule has 0 bridgehead atoms. The number of rotatable bonds is 8. The molecular weight excluding hydrogens is 559 g/mol. The van der Waals surface area contributed by atoms with Gasteiger partial charge in [0.2, 0.25) is 0 Å². The van der Waals surface area contributed by atoms with Gasteiger partial charge in [0.1, 0.15) is 23.2 Å². The molecule has 0 atom stereocenters. The van der Waals surface area contributed by atoms with E-state index in [0.717, 1.165) is 6.16 Å². The predicted molar refractivity (Wildman–Crippen MR) is 197 cm³/mol. The Balaban J connectivity index is 1.76. The first-order valence-electron chi connectivity index (χ1n) is 15.7. The average molecular weight is 596 g/mol. The van der Waals surface area contributed by atoms with Gasteiger partial charge in [-0.1, -0.05) is 158 Å². The maximum Gasteiger partial charge on any atom is 0.113 e. The second-order valence-corrected chi connectivity index (χ2v) is 15.1. The highest BCUT2D eigenvalue weighted by atomic mass is 31.2. The molecule has 0 aliphatic rings. The van der Waals surface area contributed by atoms with Gasteiger partial charge in [-0.25, -0.2) is 0 Å². The molecule has 0 unspecified atom stereocenters. The van der Waals surface area contributed by atoms with Crippen molar-refractivity contribution in [3.8, 4) is 44.5 Å². The Morgan fingerprint density at radius 3 is 1.09 bits per heavy atom. The summed E-state index contributed by atoms with van der Waals surface area (Å²) in [5.74, 6) is 0. The summed E-state index contributed by atoms with van der Waals surface area (Å²) < 4.78 is 0. The summed E-state index contributed by atoms with van der Waals surface area (Å²) >= 11 is 0. The van der Waals surface area contributed by atoms with Crippen molar-refractivity contribution in [1.29, 1.82) is 0 Å². The third-order valence-corrected chi connectivity index (χ3v) is 13.3. The molecular formula is C44H36P+. The summed E-state index contributed by atoms with van der Waals surface area (Å²) in [6.45, 7) is 2.39. The summed E-state index contributed by atoms with van der Waals surface area (Å²) in [4.78, 5) is 0. The molecule has 1 heteroatoms. The highest BCUT2D eigenvalue weighted by molar-refractivity contribution is 7.95. The van der Waals surface area contributed by atoms with Crippen LogP contribution in [0.4, 0.5) is 0 Å². The van der Waals surface area contributed by atoms with Gasteiger partial charge < -0.3 is 0 Å². The van der Waals surface area contributed by atoms with Crippen LogP contribution in [0.5, 0.6) is 0 Å². The molecule has 0 aliphatic heterocycles. The first kappa shape index (κ1) is 28.7. The molecule has 7 aromatic rings. The third kappa shape index (κ3) is 5.33. The zero-order valence-corrected chi connectivity index (χ0v) is 26.4. The Morgan fingerprint density at radius 1 is 0.356 bits per heavy atom. The Hall–Kier alpha value is -5.03. The molecule has 0 spiro atoms. The lowest BCUT2D eigenvalue weighted by atomic mass is 9.83. The van der Waals surface area contributed by atoms with Crippen LogP contribution >= 0.6 is 7.26 Å². The Bertz CT molecular complexity index is 1950. The van der Waals surface area contributed by atoms with Crippen molar-refractivity contribution in [2.75, 3.05) is 6.16 Å². The van der Waals surface area contributed by atoms with E-state index in [-0.39, 0.29) is 0 Å². The van der Waals surface area contributed by atoms with Gasteiger partial charge in [0, 0.05) is 11.1 Å². The molecule has 0 nitrogen and oxygen atoms in total. The van der Waals surface area contributed by atoms with Crippen LogP contribution in [0, 0.1) is 0 Å². The second kappa shape index (κ2) is 12.9.